The van der Waals surface area contributed by atoms with Gasteiger partial charge in [0, 0.05) is 0 Å². The molecule has 9 heavy (non-hydrogen) atoms. The predicted molar refractivity (Wildman–Crippen MR) is 54.1 cm³/mol. The Balaban J connectivity index is 2.91. The second-order valence-electron chi connectivity index (χ2n) is 1.32. The highest BCUT2D eigenvalue weighted by atomic mass is 79.9. The molecule has 56 valence electrons. The first-order valence-electron chi connectivity index (χ1n) is 2.27. The van der Waals surface area contributed by atoms with Gasteiger partial charge in [-0.3, -0.25) is 0 Å². The first-order chi connectivity index (χ1) is 4.13. The molecule has 0 spiro atoms. The zero-order valence-electron chi connectivity index (χ0n) is 4.49. The summed E-state index contributed by atoms with van der Waals surface area (Å²) in [6.45, 7) is 1.35. The summed E-state index contributed by atoms with van der Waals surface area (Å²) in [7, 11) is 0. The van der Waals surface area contributed by atoms with E-state index in [1.165, 1.54) is 0 Å². The molecule has 0 radical (unpaired) electrons. The average Bonchev–Trinajstić information content (AvgIpc) is 1.63. The number of ether oxygens (including phenoxy) is 1. The molecule has 0 heterocycles. The zero-order chi connectivity index (χ0) is 7.28. The molecule has 5 heteroatoms. The molecule has 0 aliphatic rings. The topological polar surface area (TPSA) is 9.23 Å². The lowest BCUT2D eigenvalue weighted by molar-refractivity contribution is 0.162. The van der Waals surface area contributed by atoms with E-state index in [2.05, 4.69) is 63.7 Å². The molecule has 0 aliphatic heterocycles. The Kier molecular flexibility index (Phi) is 7.96. The number of rotatable bonds is 4. The van der Waals surface area contributed by atoms with Crippen molar-refractivity contribution in [1.82, 2.24) is 0 Å². The fourth-order valence-electron chi connectivity index (χ4n) is 0.246. The molecule has 0 rings (SSSR count). The fourth-order valence-corrected chi connectivity index (χ4v) is 0.994. The van der Waals surface area contributed by atoms with Crippen molar-refractivity contribution in [3.8, 4) is 0 Å². The SMILES string of the molecule is BrC(Br)COCC(Br)Br. The smallest absolute Gasteiger partial charge is 0.0930 e. The number of hydrogen-bond acceptors (Lipinski definition) is 1. The van der Waals surface area contributed by atoms with Crippen molar-refractivity contribution in [3.63, 3.8) is 0 Å². The van der Waals surface area contributed by atoms with Gasteiger partial charge in [0.1, 0.15) is 0 Å². The number of halogens is 4. The molecule has 0 aliphatic carbocycles. The average molecular weight is 390 g/mol. The molecule has 1 nitrogen and oxygen atoms in total. The van der Waals surface area contributed by atoms with Crippen molar-refractivity contribution < 1.29 is 4.74 Å². The largest absolute Gasteiger partial charge is 0.377 e. The zero-order valence-corrected chi connectivity index (χ0v) is 10.8. The van der Waals surface area contributed by atoms with E-state index in [0.717, 1.165) is 0 Å². The summed E-state index contributed by atoms with van der Waals surface area (Å²) in [6.07, 6.45) is 0. The van der Waals surface area contributed by atoms with Gasteiger partial charge in [0.25, 0.3) is 0 Å². The second kappa shape index (κ2) is 6.58. The summed E-state index contributed by atoms with van der Waals surface area (Å²) >= 11 is 13.1. The quantitative estimate of drug-likeness (QED) is 0.671. The summed E-state index contributed by atoms with van der Waals surface area (Å²) in [5.41, 5.74) is 0. The molecule has 0 fully saturated rings. The van der Waals surface area contributed by atoms with Crippen LogP contribution >= 0.6 is 63.7 Å². The Morgan fingerprint density at radius 1 is 0.889 bits per heavy atom. The van der Waals surface area contributed by atoms with Crippen LogP contribution in [0.25, 0.3) is 0 Å². The Morgan fingerprint density at radius 3 is 1.44 bits per heavy atom. The number of alkyl halides is 4. The lowest BCUT2D eigenvalue weighted by atomic mass is 10.8. The molecule has 0 aromatic carbocycles. The van der Waals surface area contributed by atoms with E-state index in [1.807, 2.05) is 0 Å². The molecule has 0 aromatic heterocycles. The molecule has 0 atom stereocenters. The van der Waals surface area contributed by atoms with Crippen LogP contribution < -0.4 is 0 Å². The minimum atomic E-state index is 0.253. The number of hydrogen-bond donors (Lipinski definition) is 0. The molecule has 0 aromatic rings. The Labute approximate surface area is 88.4 Å². The van der Waals surface area contributed by atoms with Crippen molar-refractivity contribution in [2.45, 2.75) is 7.47 Å². The predicted octanol–water partition coefficient (Wildman–Crippen LogP) is 3.23. The van der Waals surface area contributed by atoms with Crippen molar-refractivity contribution in [2.24, 2.45) is 0 Å². The molecule has 0 saturated carbocycles. The first-order valence-corrected chi connectivity index (χ1v) is 5.93. The van der Waals surface area contributed by atoms with Crippen LogP contribution in [0.1, 0.15) is 0 Å². The van der Waals surface area contributed by atoms with Crippen molar-refractivity contribution in [3.05, 3.63) is 0 Å². The highest BCUT2D eigenvalue weighted by Crippen LogP contribution is 2.11. The summed E-state index contributed by atoms with van der Waals surface area (Å²) in [5, 5.41) is 0. The first kappa shape index (κ1) is 10.9. The van der Waals surface area contributed by atoms with E-state index in [0.29, 0.717) is 13.2 Å². The molecule has 0 amide bonds. The molecular weight excluding hydrogens is 384 g/mol. The van der Waals surface area contributed by atoms with Gasteiger partial charge in [-0.25, -0.2) is 0 Å². The Hall–Kier alpha value is 1.88. The van der Waals surface area contributed by atoms with E-state index in [-0.39, 0.29) is 7.47 Å². The van der Waals surface area contributed by atoms with Crippen LogP contribution in [0.4, 0.5) is 0 Å². The minimum absolute atomic E-state index is 0.253. The highest BCUT2D eigenvalue weighted by Gasteiger charge is 2.00. The van der Waals surface area contributed by atoms with Crippen molar-refractivity contribution in [2.75, 3.05) is 13.2 Å². The van der Waals surface area contributed by atoms with E-state index in [9.17, 15) is 0 Å². The van der Waals surface area contributed by atoms with E-state index < -0.39 is 0 Å². The minimum Gasteiger partial charge on any atom is -0.377 e. The Bertz CT molecular complexity index is 57.6. The van der Waals surface area contributed by atoms with E-state index >= 15 is 0 Å². The third kappa shape index (κ3) is 9.88. The second-order valence-corrected chi connectivity index (χ2v) is 8.20. The van der Waals surface area contributed by atoms with Gasteiger partial charge in [0.15, 0.2) is 0 Å². The van der Waals surface area contributed by atoms with Gasteiger partial charge in [-0.15, -0.1) is 0 Å². The lowest BCUT2D eigenvalue weighted by Gasteiger charge is -2.04. The van der Waals surface area contributed by atoms with Gasteiger partial charge < -0.3 is 4.74 Å². The van der Waals surface area contributed by atoms with Crippen LogP contribution in [-0.4, -0.2) is 20.7 Å². The van der Waals surface area contributed by atoms with E-state index in [4.69, 9.17) is 4.74 Å². The van der Waals surface area contributed by atoms with Crippen LogP contribution in [0.3, 0.4) is 0 Å². The van der Waals surface area contributed by atoms with Crippen LogP contribution in [-0.2, 0) is 4.74 Å². The van der Waals surface area contributed by atoms with E-state index in [1.54, 1.807) is 0 Å². The summed E-state index contributed by atoms with van der Waals surface area (Å²) in [6, 6.07) is 0. The normalized spacial score (nSPS) is 11.3. The molecule has 0 bridgehead atoms. The van der Waals surface area contributed by atoms with Gasteiger partial charge in [0.2, 0.25) is 0 Å². The van der Waals surface area contributed by atoms with Crippen LogP contribution in [0, 0.1) is 0 Å². The molecular formula is C4H6Br4O. The molecule has 0 unspecified atom stereocenters. The summed E-state index contributed by atoms with van der Waals surface area (Å²) in [5.74, 6) is 0. The van der Waals surface area contributed by atoms with Gasteiger partial charge >= 0.3 is 0 Å². The van der Waals surface area contributed by atoms with Crippen LogP contribution in [0.5, 0.6) is 0 Å². The third-order valence-electron chi connectivity index (χ3n) is 0.488. The van der Waals surface area contributed by atoms with Crippen molar-refractivity contribution in [1.29, 1.82) is 0 Å². The van der Waals surface area contributed by atoms with Gasteiger partial charge in [-0.2, -0.15) is 0 Å². The molecule has 0 N–H and O–H groups in total. The van der Waals surface area contributed by atoms with Crippen molar-refractivity contribution >= 4 is 63.7 Å². The summed E-state index contributed by atoms with van der Waals surface area (Å²) < 4.78 is 5.68. The monoisotopic (exact) mass is 386 g/mol. The maximum absolute atomic E-state index is 5.17. The van der Waals surface area contributed by atoms with Gasteiger partial charge in [0.05, 0.1) is 20.7 Å². The van der Waals surface area contributed by atoms with Gasteiger partial charge in [-0.05, 0) is 0 Å². The Morgan fingerprint density at radius 2 is 1.22 bits per heavy atom. The molecule has 0 saturated heterocycles. The fraction of sp³-hybridized carbons (Fsp3) is 1.00. The van der Waals surface area contributed by atoms with Crippen LogP contribution in [0.15, 0.2) is 0 Å². The van der Waals surface area contributed by atoms with Crippen LogP contribution in [0.2, 0.25) is 0 Å². The third-order valence-corrected chi connectivity index (χ3v) is 1.55. The lowest BCUT2D eigenvalue weighted by Crippen LogP contribution is -2.06. The standard InChI is InChI=1S/C4H6Br4O/c5-3(6)1-9-2-4(7)8/h3-4H,1-2H2. The summed E-state index contributed by atoms with van der Waals surface area (Å²) in [4.78, 5) is 0. The maximum atomic E-state index is 5.17. The maximum Gasteiger partial charge on any atom is 0.0930 e. The van der Waals surface area contributed by atoms with Gasteiger partial charge in [-0.1, -0.05) is 63.7 Å². The highest BCUT2D eigenvalue weighted by molar-refractivity contribution is 9.25.